The number of methoxy groups -OCH3 is 2. The first-order chi connectivity index (χ1) is 13.1. The molecule has 27 heavy (non-hydrogen) atoms. The van der Waals surface area contributed by atoms with Crippen molar-refractivity contribution in [2.75, 3.05) is 14.2 Å². The van der Waals surface area contributed by atoms with E-state index in [4.69, 9.17) is 21.1 Å². The van der Waals surface area contributed by atoms with Crippen molar-refractivity contribution < 1.29 is 9.47 Å². The third kappa shape index (κ3) is 3.27. The van der Waals surface area contributed by atoms with Gasteiger partial charge < -0.3 is 9.47 Å². The quantitative estimate of drug-likeness (QED) is 0.527. The summed E-state index contributed by atoms with van der Waals surface area (Å²) in [6.45, 7) is 0. The van der Waals surface area contributed by atoms with Crippen LogP contribution in [-0.4, -0.2) is 28.8 Å². The summed E-state index contributed by atoms with van der Waals surface area (Å²) < 4.78 is 12.4. The highest BCUT2D eigenvalue weighted by molar-refractivity contribution is 7.15. The van der Waals surface area contributed by atoms with E-state index >= 15 is 0 Å². The van der Waals surface area contributed by atoms with Crippen molar-refractivity contribution >= 4 is 34.0 Å². The molecule has 0 saturated carbocycles. The number of nitrogens with zero attached hydrogens (tertiary/aromatic N) is 3. The predicted molar refractivity (Wildman–Crippen MR) is 106 cm³/mol. The molecular weight excluding hydrogens is 386 g/mol. The Labute approximate surface area is 163 Å². The zero-order valence-electron chi connectivity index (χ0n) is 14.5. The van der Waals surface area contributed by atoms with Crippen LogP contribution < -0.4 is 19.6 Å². The molecule has 0 saturated heterocycles. The first-order valence-electron chi connectivity index (χ1n) is 7.98. The van der Waals surface area contributed by atoms with Crippen LogP contribution in [0.3, 0.4) is 0 Å². The molecule has 0 aliphatic rings. The molecule has 0 spiro atoms. The standard InChI is InChI=1S/C19H14ClN3O3S/c1-25-14-7-8-15(26-2)12(9-14)10-16-18(24)23-19(27-16)21-17(22-23)11-3-5-13(20)6-4-11/h3-10H,1-2H3. The minimum Gasteiger partial charge on any atom is -0.497 e. The molecule has 0 aliphatic carbocycles. The third-order valence-electron chi connectivity index (χ3n) is 4.01. The van der Waals surface area contributed by atoms with E-state index in [1.165, 1.54) is 15.9 Å². The van der Waals surface area contributed by atoms with Crippen molar-refractivity contribution in [3.8, 4) is 22.9 Å². The van der Waals surface area contributed by atoms with Gasteiger partial charge in [0.25, 0.3) is 5.56 Å². The van der Waals surface area contributed by atoms with Gasteiger partial charge in [0, 0.05) is 16.1 Å². The Kier molecular flexibility index (Phi) is 4.55. The highest BCUT2D eigenvalue weighted by Gasteiger charge is 2.12. The molecule has 0 bridgehead atoms. The molecular formula is C19H14ClN3O3S. The van der Waals surface area contributed by atoms with Gasteiger partial charge >= 0.3 is 0 Å². The third-order valence-corrected chi connectivity index (χ3v) is 5.22. The molecule has 0 amide bonds. The molecule has 6 nitrogen and oxygen atoms in total. The second kappa shape index (κ2) is 7.02. The van der Waals surface area contributed by atoms with Gasteiger partial charge in [-0.05, 0) is 48.5 Å². The summed E-state index contributed by atoms with van der Waals surface area (Å²) in [5, 5.41) is 4.97. The van der Waals surface area contributed by atoms with E-state index in [-0.39, 0.29) is 5.56 Å². The molecule has 0 N–H and O–H groups in total. The summed E-state index contributed by atoms with van der Waals surface area (Å²) in [6, 6.07) is 12.6. The topological polar surface area (TPSA) is 65.7 Å². The molecule has 2 heterocycles. The fourth-order valence-electron chi connectivity index (χ4n) is 2.65. The van der Waals surface area contributed by atoms with Gasteiger partial charge in [0.1, 0.15) is 11.5 Å². The van der Waals surface area contributed by atoms with Crippen molar-refractivity contribution in [2.24, 2.45) is 0 Å². The van der Waals surface area contributed by atoms with Crippen molar-refractivity contribution in [2.45, 2.75) is 0 Å². The number of ether oxygens (including phenoxy) is 2. The number of hydrogen-bond donors (Lipinski definition) is 0. The van der Waals surface area contributed by atoms with Crippen LogP contribution in [0.15, 0.2) is 47.3 Å². The number of hydrogen-bond acceptors (Lipinski definition) is 6. The van der Waals surface area contributed by atoms with Gasteiger partial charge in [0.2, 0.25) is 4.96 Å². The van der Waals surface area contributed by atoms with E-state index in [1.807, 2.05) is 18.2 Å². The Balaban J connectivity index is 1.81. The van der Waals surface area contributed by atoms with Crippen LogP contribution in [-0.2, 0) is 0 Å². The predicted octanol–water partition coefficient (Wildman–Crippen LogP) is 3.04. The number of fused-ring (bicyclic) bond motifs is 1. The largest absolute Gasteiger partial charge is 0.497 e. The molecule has 4 rings (SSSR count). The summed E-state index contributed by atoms with van der Waals surface area (Å²) in [4.78, 5) is 17.7. The highest BCUT2D eigenvalue weighted by atomic mass is 35.5. The highest BCUT2D eigenvalue weighted by Crippen LogP contribution is 2.24. The lowest BCUT2D eigenvalue weighted by atomic mass is 10.2. The summed E-state index contributed by atoms with van der Waals surface area (Å²) in [5.41, 5.74) is 1.32. The smallest absolute Gasteiger partial charge is 0.291 e. The number of thiazole rings is 1. The molecule has 8 heteroatoms. The van der Waals surface area contributed by atoms with Gasteiger partial charge in [-0.2, -0.15) is 9.50 Å². The molecule has 2 aromatic heterocycles. The number of halogens is 1. The van der Waals surface area contributed by atoms with E-state index in [9.17, 15) is 4.79 Å². The second-order valence-corrected chi connectivity index (χ2v) is 7.11. The average molecular weight is 400 g/mol. The lowest BCUT2D eigenvalue weighted by molar-refractivity contribution is 0.402. The lowest BCUT2D eigenvalue weighted by Crippen LogP contribution is -2.23. The summed E-state index contributed by atoms with van der Waals surface area (Å²) >= 11 is 7.18. The Morgan fingerprint density at radius 3 is 2.56 bits per heavy atom. The normalized spacial score (nSPS) is 11.9. The monoisotopic (exact) mass is 399 g/mol. The van der Waals surface area contributed by atoms with Gasteiger partial charge in [0.05, 0.1) is 18.8 Å². The maximum atomic E-state index is 12.7. The number of benzene rings is 2. The lowest BCUT2D eigenvalue weighted by Gasteiger charge is -2.06. The van der Waals surface area contributed by atoms with Gasteiger partial charge in [-0.3, -0.25) is 4.79 Å². The number of aromatic nitrogens is 3. The molecule has 4 aromatic rings. The minimum absolute atomic E-state index is 0.229. The SMILES string of the molecule is COc1ccc(OC)c(C=c2sc3nc(-c4ccc(Cl)cc4)nn3c2=O)c1. The van der Waals surface area contributed by atoms with E-state index in [1.54, 1.807) is 44.6 Å². The molecule has 0 radical (unpaired) electrons. The zero-order valence-corrected chi connectivity index (χ0v) is 16.0. The Hall–Kier alpha value is -2.90. The van der Waals surface area contributed by atoms with E-state index in [2.05, 4.69) is 10.1 Å². The van der Waals surface area contributed by atoms with Crippen LogP contribution in [0.25, 0.3) is 22.4 Å². The number of rotatable bonds is 4. The Morgan fingerprint density at radius 2 is 1.89 bits per heavy atom. The van der Waals surface area contributed by atoms with E-state index in [0.29, 0.717) is 31.8 Å². The molecule has 2 aromatic carbocycles. The fourth-order valence-corrected chi connectivity index (χ4v) is 3.67. The molecule has 0 atom stereocenters. The first kappa shape index (κ1) is 17.5. The van der Waals surface area contributed by atoms with Crippen molar-refractivity contribution in [1.29, 1.82) is 0 Å². The van der Waals surface area contributed by atoms with Gasteiger partial charge in [-0.25, -0.2) is 0 Å². The van der Waals surface area contributed by atoms with Gasteiger partial charge in [-0.15, -0.1) is 5.10 Å². The van der Waals surface area contributed by atoms with Crippen LogP contribution in [0, 0.1) is 0 Å². The molecule has 0 aliphatic heterocycles. The maximum absolute atomic E-state index is 12.7. The summed E-state index contributed by atoms with van der Waals surface area (Å²) in [7, 11) is 3.17. The van der Waals surface area contributed by atoms with Crippen LogP contribution in [0.4, 0.5) is 0 Å². The fraction of sp³-hybridized carbons (Fsp3) is 0.105. The van der Waals surface area contributed by atoms with Crippen LogP contribution in [0.1, 0.15) is 5.56 Å². The second-order valence-electron chi connectivity index (χ2n) is 5.66. The minimum atomic E-state index is -0.229. The molecule has 0 fully saturated rings. The Bertz CT molecular complexity index is 1230. The van der Waals surface area contributed by atoms with Crippen LogP contribution in [0.2, 0.25) is 5.02 Å². The van der Waals surface area contributed by atoms with E-state index < -0.39 is 0 Å². The maximum Gasteiger partial charge on any atom is 0.291 e. The molecule has 0 unspecified atom stereocenters. The van der Waals surface area contributed by atoms with Crippen LogP contribution in [0.5, 0.6) is 11.5 Å². The van der Waals surface area contributed by atoms with Crippen molar-refractivity contribution in [3.05, 3.63) is 67.9 Å². The Morgan fingerprint density at radius 1 is 1.11 bits per heavy atom. The molecule has 136 valence electrons. The van der Waals surface area contributed by atoms with E-state index in [0.717, 1.165) is 11.1 Å². The summed E-state index contributed by atoms with van der Waals surface area (Å²) in [6.07, 6.45) is 1.76. The summed E-state index contributed by atoms with van der Waals surface area (Å²) in [5.74, 6) is 1.82. The van der Waals surface area contributed by atoms with Gasteiger partial charge in [-0.1, -0.05) is 22.9 Å². The van der Waals surface area contributed by atoms with Gasteiger partial charge in [0.15, 0.2) is 5.82 Å². The van der Waals surface area contributed by atoms with Crippen LogP contribution >= 0.6 is 22.9 Å². The van der Waals surface area contributed by atoms with Crippen molar-refractivity contribution in [3.63, 3.8) is 0 Å². The average Bonchev–Trinajstić information content (AvgIpc) is 3.22. The van der Waals surface area contributed by atoms with Crippen molar-refractivity contribution in [1.82, 2.24) is 14.6 Å². The first-order valence-corrected chi connectivity index (χ1v) is 9.18. The zero-order chi connectivity index (χ0) is 19.0.